The van der Waals surface area contributed by atoms with E-state index in [4.69, 9.17) is 9.72 Å². The second kappa shape index (κ2) is 16.4. The number of imidazole rings is 1. The minimum Gasteiger partial charge on any atom is -0.497 e. The number of ether oxygens (including phenoxy) is 1. The van der Waals surface area contributed by atoms with Crippen LogP contribution >= 0.6 is 0 Å². The van der Waals surface area contributed by atoms with E-state index in [0.717, 1.165) is 65.5 Å². The van der Waals surface area contributed by atoms with E-state index in [1.165, 1.54) is 6.07 Å². The molecule has 4 rings (SSSR count). The predicted octanol–water partition coefficient (Wildman–Crippen LogP) is 9.62. The van der Waals surface area contributed by atoms with Crippen molar-refractivity contribution in [3.05, 3.63) is 138 Å². The molecular weight excluding hydrogens is 540 g/mol. The van der Waals surface area contributed by atoms with E-state index in [0.29, 0.717) is 19.6 Å². The average molecular weight is 582 g/mol. The lowest BCUT2D eigenvalue weighted by atomic mass is 10.1. The molecule has 0 atom stereocenters. The summed E-state index contributed by atoms with van der Waals surface area (Å²) < 4.78 is 34.9. The molecule has 43 heavy (non-hydrogen) atoms. The minimum absolute atomic E-state index is 0.0426. The second-order valence-electron chi connectivity index (χ2n) is 10.4. The number of methoxy groups -OCH3 is 1. The van der Waals surface area contributed by atoms with Crippen molar-refractivity contribution in [1.82, 2.24) is 14.5 Å². The molecule has 0 saturated heterocycles. The van der Waals surface area contributed by atoms with Gasteiger partial charge in [-0.2, -0.15) is 0 Å². The van der Waals surface area contributed by atoms with E-state index in [1.807, 2.05) is 54.6 Å². The van der Waals surface area contributed by atoms with Crippen LogP contribution in [0, 0.1) is 0 Å². The van der Waals surface area contributed by atoms with Gasteiger partial charge in [-0.05, 0) is 36.6 Å². The van der Waals surface area contributed by atoms with Gasteiger partial charge in [0.2, 0.25) is 0 Å². The van der Waals surface area contributed by atoms with Crippen molar-refractivity contribution in [1.29, 1.82) is 0 Å². The summed E-state index contributed by atoms with van der Waals surface area (Å²) in [6, 6.07) is 27.3. The van der Waals surface area contributed by atoms with Crippen molar-refractivity contribution < 1.29 is 13.5 Å². The normalized spacial score (nSPS) is 12.0. The summed E-state index contributed by atoms with van der Waals surface area (Å²) in [5.41, 5.74) is 5.10. The van der Waals surface area contributed by atoms with Gasteiger partial charge in [0.05, 0.1) is 18.5 Å². The molecule has 0 unspecified atom stereocenters. The van der Waals surface area contributed by atoms with Gasteiger partial charge in [0, 0.05) is 42.9 Å². The van der Waals surface area contributed by atoms with Crippen molar-refractivity contribution in [2.24, 2.45) is 0 Å². The third-order valence-electron chi connectivity index (χ3n) is 7.28. The van der Waals surface area contributed by atoms with Crippen LogP contribution in [0.15, 0.2) is 122 Å². The molecule has 0 radical (unpaired) electrons. The van der Waals surface area contributed by atoms with Crippen LogP contribution < -0.4 is 0 Å². The zero-order chi connectivity index (χ0) is 30.4. The Hall–Kier alpha value is -4.29. The number of benzene rings is 3. The summed E-state index contributed by atoms with van der Waals surface area (Å²) in [4.78, 5) is 7.56. The second-order valence-corrected chi connectivity index (χ2v) is 10.4. The Morgan fingerprint density at radius 2 is 1.70 bits per heavy atom. The van der Waals surface area contributed by atoms with Gasteiger partial charge in [-0.25, -0.2) is 13.8 Å². The lowest BCUT2D eigenvalue weighted by Gasteiger charge is -2.24. The van der Waals surface area contributed by atoms with Crippen LogP contribution in [0.3, 0.4) is 0 Å². The molecule has 0 aliphatic carbocycles. The van der Waals surface area contributed by atoms with Crippen LogP contribution in [-0.4, -0.2) is 28.1 Å². The van der Waals surface area contributed by atoms with Crippen LogP contribution in [0.2, 0.25) is 0 Å². The van der Waals surface area contributed by atoms with E-state index in [2.05, 4.69) is 53.3 Å². The number of nitrogens with zero attached hydrogens (tertiary/aromatic N) is 3. The van der Waals surface area contributed by atoms with Gasteiger partial charge >= 0.3 is 0 Å². The first-order valence-corrected chi connectivity index (χ1v) is 14.9. The zero-order valence-electron chi connectivity index (χ0n) is 25.1. The molecule has 224 valence electrons. The van der Waals surface area contributed by atoms with E-state index in [1.54, 1.807) is 25.3 Å². The highest BCUT2D eigenvalue weighted by Crippen LogP contribution is 2.31. The fraction of sp³-hybridized carbons (Fsp3) is 0.270. The summed E-state index contributed by atoms with van der Waals surface area (Å²) in [5.74, 6) is 1.67. The fourth-order valence-electron chi connectivity index (χ4n) is 5.11. The summed E-state index contributed by atoms with van der Waals surface area (Å²) in [5, 5.41) is 0. The Bertz CT molecular complexity index is 1490. The summed E-state index contributed by atoms with van der Waals surface area (Å²) in [7, 11) is 1.63. The molecule has 0 N–H and O–H groups in total. The number of allylic oxidation sites excluding steroid dienone is 3. The number of rotatable bonds is 16. The van der Waals surface area contributed by atoms with Crippen LogP contribution in [0.1, 0.15) is 49.4 Å². The Kier molecular flexibility index (Phi) is 12.0. The number of unbranched alkanes of at least 4 members (excludes halogenated alkanes) is 1. The van der Waals surface area contributed by atoms with Crippen LogP contribution in [0.4, 0.5) is 8.78 Å². The van der Waals surface area contributed by atoms with Crippen molar-refractivity contribution in [2.45, 2.75) is 52.2 Å². The van der Waals surface area contributed by atoms with Crippen molar-refractivity contribution >= 4 is 0 Å². The largest absolute Gasteiger partial charge is 0.497 e. The molecule has 0 aliphatic heterocycles. The lowest BCUT2D eigenvalue weighted by molar-refractivity contribution is 0.151. The Labute approximate surface area is 254 Å². The van der Waals surface area contributed by atoms with Gasteiger partial charge in [0.15, 0.2) is 0 Å². The molecule has 4 aromatic rings. The molecule has 4 nitrogen and oxygen atoms in total. The predicted molar refractivity (Wildman–Crippen MR) is 173 cm³/mol. The van der Waals surface area contributed by atoms with Crippen molar-refractivity contribution in [2.75, 3.05) is 13.7 Å². The topological polar surface area (TPSA) is 30.3 Å². The molecule has 0 amide bonds. The quantitative estimate of drug-likeness (QED) is 0.0975. The molecular formula is C37H41F2N3O. The fourth-order valence-corrected chi connectivity index (χ4v) is 5.11. The van der Waals surface area contributed by atoms with E-state index >= 15 is 0 Å². The van der Waals surface area contributed by atoms with E-state index in [-0.39, 0.29) is 5.56 Å². The molecule has 0 aliphatic rings. The maximum atomic E-state index is 13.6. The third kappa shape index (κ3) is 8.85. The van der Waals surface area contributed by atoms with Gasteiger partial charge in [-0.15, -0.1) is 0 Å². The first-order valence-electron chi connectivity index (χ1n) is 14.9. The highest BCUT2D eigenvalue weighted by molar-refractivity contribution is 5.68. The summed E-state index contributed by atoms with van der Waals surface area (Å²) in [6.07, 6.45) is 7.84. The smallest absolute Gasteiger partial charge is 0.263 e. The molecule has 1 aromatic heterocycles. The number of aromatic nitrogens is 2. The summed E-state index contributed by atoms with van der Waals surface area (Å²) >= 11 is 0. The maximum absolute atomic E-state index is 13.6. The molecule has 0 bridgehead atoms. The number of hydrogen-bond donors (Lipinski definition) is 0. The standard InChI is InChI=1S/C37H41F2N3O/c1-4-6-25-42-34(35(30-18-9-7-10-19-30)40-37(42)31-20-11-8-12-21-31)28-41(24-14-13-23-33(43-3)16-5-2)27-29-17-15-22-32(26-29)36(38)39/h5,7-13,15-23,26,36H,2,4,6,14,24-25,27-28H2,1,3H3/b23-13-,33-16+. The first kappa shape index (κ1) is 31.6. The van der Waals surface area contributed by atoms with Crippen LogP contribution in [0.5, 0.6) is 0 Å². The van der Waals surface area contributed by atoms with Gasteiger partial charge < -0.3 is 9.30 Å². The molecule has 6 heteroatoms. The lowest BCUT2D eigenvalue weighted by Crippen LogP contribution is -2.26. The maximum Gasteiger partial charge on any atom is 0.263 e. The Morgan fingerprint density at radius 3 is 2.35 bits per heavy atom. The van der Waals surface area contributed by atoms with Gasteiger partial charge in [0.25, 0.3) is 6.43 Å². The van der Waals surface area contributed by atoms with Gasteiger partial charge in [0.1, 0.15) is 11.6 Å². The van der Waals surface area contributed by atoms with Crippen molar-refractivity contribution in [3.63, 3.8) is 0 Å². The minimum atomic E-state index is -2.51. The molecule has 3 aromatic carbocycles. The van der Waals surface area contributed by atoms with Crippen LogP contribution in [0.25, 0.3) is 22.6 Å². The highest BCUT2D eigenvalue weighted by Gasteiger charge is 2.22. The average Bonchev–Trinajstić information content (AvgIpc) is 3.40. The zero-order valence-corrected chi connectivity index (χ0v) is 25.1. The van der Waals surface area contributed by atoms with E-state index in [9.17, 15) is 8.78 Å². The first-order chi connectivity index (χ1) is 21.0. The Balaban J connectivity index is 1.76. The number of hydrogen-bond acceptors (Lipinski definition) is 3. The molecule has 0 saturated carbocycles. The number of alkyl halides is 2. The van der Waals surface area contributed by atoms with E-state index < -0.39 is 6.43 Å². The Morgan fingerprint density at radius 1 is 0.977 bits per heavy atom. The highest BCUT2D eigenvalue weighted by atomic mass is 19.3. The third-order valence-corrected chi connectivity index (χ3v) is 7.28. The number of halogens is 2. The molecule has 0 fully saturated rings. The molecule has 1 heterocycles. The SMILES string of the molecule is C=C/C=C(\C=C/CCN(Cc1cccc(C(F)F)c1)Cc1c(-c2ccccc2)nc(-c2ccccc2)n1CCCC)OC. The molecule has 0 spiro atoms. The van der Waals surface area contributed by atoms with Gasteiger partial charge in [-0.1, -0.05) is 111 Å². The summed E-state index contributed by atoms with van der Waals surface area (Å²) in [6.45, 7) is 8.64. The van der Waals surface area contributed by atoms with Crippen LogP contribution in [-0.2, 0) is 24.4 Å². The van der Waals surface area contributed by atoms with Crippen molar-refractivity contribution in [3.8, 4) is 22.6 Å². The monoisotopic (exact) mass is 581 g/mol. The van der Waals surface area contributed by atoms with Gasteiger partial charge in [-0.3, -0.25) is 4.90 Å².